The summed E-state index contributed by atoms with van der Waals surface area (Å²) in [6, 6.07) is 7.82. The molecule has 1 N–H and O–H groups in total. The van der Waals surface area contributed by atoms with Crippen LogP contribution in [-0.4, -0.2) is 13.7 Å². The molecule has 1 aromatic carbocycles. The van der Waals surface area contributed by atoms with Gasteiger partial charge in [-0.05, 0) is 24.3 Å². The van der Waals surface area contributed by atoms with Crippen LogP contribution in [0.25, 0.3) is 0 Å². The number of nitrogens with one attached hydrogen (secondary N) is 1. The van der Waals surface area contributed by atoms with Crippen LogP contribution in [0.3, 0.4) is 0 Å². The van der Waals surface area contributed by atoms with Crippen LogP contribution in [0.4, 0.5) is 5.69 Å². The standard InChI is InChI=1S/C13H17NO/c1-11(2)5-4-10-14-12-6-8-13(15-3)9-7-12/h6-9,11,14H,10H2,1-3H3. The van der Waals surface area contributed by atoms with Crippen molar-refractivity contribution in [2.24, 2.45) is 5.92 Å². The molecular formula is C13H17NO. The molecule has 2 nitrogen and oxygen atoms in total. The lowest BCUT2D eigenvalue weighted by molar-refractivity contribution is 0.415. The third-order valence-electron chi connectivity index (χ3n) is 1.86. The quantitative estimate of drug-likeness (QED) is 0.763. The zero-order valence-corrected chi connectivity index (χ0v) is 9.50. The van der Waals surface area contributed by atoms with Crippen LogP contribution in [0, 0.1) is 17.8 Å². The predicted octanol–water partition coefficient (Wildman–Crippen LogP) is 2.77. The maximum Gasteiger partial charge on any atom is 0.119 e. The Hall–Kier alpha value is -1.62. The van der Waals surface area contributed by atoms with Crippen molar-refractivity contribution >= 4 is 5.69 Å². The molecule has 2 heteroatoms. The molecule has 0 saturated carbocycles. The Labute approximate surface area is 91.6 Å². The second-order valence-corrected chi connectivity index (χ2v) is 3.56. The number of methoxy groups -OCH3 is 1. The van der Waals surface area contributed by atoms with Gasteiger partial charge in [0.1, 0.15) is 5.75 Å². The molecule has 80 valence electrons. The van der Waals surface area contributed by atoms with Gasteiger partial charge in [0, 0.05) is 11.6 Å². The van der Waals surface area contributed by atoms with Gasteiger partial charge in [-0.25, -0.2) is 0 Å². The van der Waals surface area contributed by atoms with Crippen LogP contribution in [0.5, 0.6) is 5.75 Å². The molecule has 0 aliphatic heterocycles. The molecule has 0 aromatic heterocycles. The van der Waals surface area contributed by atoms with Crippen molar-refractivity contribution < 1.29 is 4.74 Å². The molecule has 0 aliphatic carbocycles. The molecule has 0 unspecified atom stereocenters. The Morgan fingerprint density at radius 2 is 1.93 bits per heavy atom. The van der Waals surface area contributed by atoms with E-state index in [0.717, 1.165) is 11.4 Å². The van der Waals surface area contributed by atoms with Crippen molar-refractivity contribution in [2.45, 2.75) is 13.8 Å². The molecule has 0 fully saturated rings. The molecule has 0 bridgehead atoms. The van der Waals surface area contributed by atoms with Gasteiger partial charge in [-0.2, -0.15) is 0 Å². The second kappa shape index (κ2) is 5.98. The summed E-state index contributed by atoms with van der Waals surface area (Å²) >= 11 is 0. The van der Waals surface area contributed by atoms with Crippen LogP contribution in [0.1, 0.15) is 13.8 Å². The Balaban J connectivity index is 2.42. The molecule has 0 heterocycles. The first-order valence-corrected chi connectivity index (χ1v) is 5.08. The lowest BCUT2D eigenvalue weighted by atomic mass is 10.2. The molecule has 0 aliphatic rings. The van der Waals surface area contributed by atoms with E-state index >= 15 is 0 Å². The number of benzene rings is 1. The minimum atomic E-state index is 0.433. The van der Waals surface area contributed by atoms with E-state index in [1.165, 1.54) is 0 Å². The Morgan fingerprint density at radius 3 is 2.47 bits per heavy atom. The summed E-state index contributed by atoms with van der Waals surface area (Å²) in [5.74, 6) is 7.47. The maximum absolute atomic E-state index is 5.07. The summed E-state index contributed by atoms with van der Waals surface area (Å²) in [7, 11) is 1.66. The van der Waals surface area contributed by atoms with Crippen molar-refractivity contribution in [3.8, 4) is 17.6 Å². The average Bonchev–Trinajstić information content (AvgIpc) is 2.25. The van der Waals surface area contributed by atoms with Gasteiger partial charge in [0.2, 0.25) is 0 Å². The first-order valence-electron chi connectivity index (χ1n) is 5.08. The summed E-state index contributed by atoms with van der Waals surface area (Å²) in [5.41, 5.74) is 1.06. The molecule has 1 rings (SSSR count). The van der Waals surface area contributed by atoms with E-state index in [-0.39, 0.29) is 0 Å². The second-order valence-electron chi connectivity index (χ2n) is 3.56. The number of hydrogen-bond donors (Lipinski definition) is 1. The third kappa shape index (κ3) is 4.42. The topological polar surface area (TPSA) is 21.3 Å². The molecule has 0 amide bonds. The summed E-state index contributed by atoms with van der Waals surface area (Å²) in [5, 5.41) is 3.22. The molecule has 0 atom stereocenters. The van der Waals surface area contributed by atoms with Crippen molar-refractivity contribution in [3.63, 3.8) is 0 Å². The minimum absolute atomic E-state index is 0.433. The zero-order chi connectivity index (χ0) is 11.1. The monoisotopic (exact) mass is 203 g/mol. The number of rotatable bonds is 3. The highest BCUT2D eigenvalue weighted by Crippen LogP contribution is 2.14. The van der Waals surface area contributed by atoms with E-state index in [0.29, 0.717) is 12.5 Å². The summed E-state index contributed by atoms with van der Waals surface area (Å²) in [4.78, 5) is 0. The van der Waals surface area contributed by atoms with Crippen molar-refractivity contribution in [2.75, 3.05) is 19.0 Å². The Morgan fingerprint density at radius 1 is 1.27 bits per heavy atom. The van der Waals surface area contributed by atoms with Gasteiger partial charge in [-0.3, -0.25) is 0 Å². The Bertz CT molecular complexity index is 343. The smallest absolute Gasteiger partial charge is 0.119 e. The molecular weight excluding hydrogens is 186 g/mol. The van der Waals surface area contributed by atoms with Crippen LogP contribution in [-0.2, 0) is 0 Å². The van der Waals surface area contributed by atoms with Gasteiger partial charge in [-0.1, -0.05) is 25.7 Å². The molecule has 0 radical (unpaired) electrons. The van der Waals surface area contributed by atoms with Crippen molar-refractivity contribution in [3.05, 3.63) is 24.3 Å². The van der Waals surface area contributed by atoms with E-state index in [1.807, 2.05) is 24.3 Å². The van der Waals surface area contributed by atoms with E-state index < -0.39 is 0 Å². The van der Waals surface area contributed by atoms with Crippen LogP contribution >= 0.6 is 0 Å². The van der Waals surface area contributed by atoms with E-state index in [9.17, 15) is 0 Å². The van der Waals surface area contributed by atoms with E-state index in [4.69, 9.17) is 4.74 Å². The number of anilines is 1. The lowest BCUT2D eigenvalue weighted by Gasteiger charge is -2.03. The van der Waals surface area contributed by atoms with E-state index in [2.05, 4.69) is 31.0 Å². The fraction of sp³-hybridized carbons (Fsp3) is 0.385. The first kappa shape index (κ1) is 11.5. The molecule has 15 heavy (non-hydrogen) atoms. The molecule has 1 aromatic rings. The molecule has 0 saturated heterocycles. The first-order chi connectivity index (χ1) is 7.22. The van der Waals surface area contributed by atoms with Gasteiger partial charge in [0.15, 0.2) is 0 Å². The van der Waals surface area contributed by atoms with Gasteiger partial charge in [0.05, 0.1) is 13.7 Å². The van der Waals surface area contributed by atoms with Crippen LogP contribution < -0.4 is 10.1 Å². The third-order valence-corrected chi connectivity index (χ3v) is 1.86. The van der Waals surface area contributed by atoms with Gasteiger partial charge < -0.3 is 10.1 Å². The summed E-state index contributed by atoms with van der Waals surface area (Å²) in [6.07, 6.45) is 0. The van der Waals surface area contributed by atoms with Crippen LogP contribution in [0.15, 0.2) is 24.3 Å². The SMILES string of the molecule is COc1ccc(NCC#CC(C)C)cc1. The maximum atomic E-state index is 5.07. The zero-order valence-electron chi connectivity index (χ0n) is 9.50. The fourth-order valence-electron chi connectivity index (χ4n) is 1.11. The van der Waals surface area contributed by atoms with Gasteiger partial charge in [0.25, 0.3) is 0 Å². The highest BCUT2D eigenvalue weighted by atomic mass is 16.5. The normalized spacial score (nSPS) is 9.33. The predicted molar refractivity (Wildman–Crippen MR) is 64.1 cm³/mol. The van der Waals surface area contributed by atoms with Crippen molar-refractivity contribution in [1.29, 1.82) is 0 Å². The largest absolute Gasteiger partial charge is 0.497 e. The summed E-state index contributed by atoms with van der Waals surface area (Å²) < 4.78 is 5.07. The lowest BCUT2D eigenvalue weighted by Crippen LogP contribution is -1.98. The number of ether oxygens (including phenoxy) is 1. The number of hydrogen-bond acceptors (Lipinski definition) is 2. The van der Waals surface area contributed by atoms with Crippen LogP contribution in [0.2, 0.25) is 0 Å². The molecule has 0 spiro atoms. The minimum Gasteiger partial charge on any atom is -0.497 e. The Kier molecular flexibility index (Phi) is 4.56. The highest BCUT2D eigenvalue weighted by molar-refractivity contribution is 5.47. The summed E-state index contributed by atoms with van der Waals surface area (Å²) in [6.45, 7) is 4.85. The van der Waals surface area contributed by atoms with Crippen molar-refractivity contribution in [1.82, 2.24) is 0 Å². The fourth-order valence-corrected chi connectivity index (χ4v) is 1.11. The average molecular weight is 203 g/mol. The van der Waals surface area contributed by atoms with E-state index in [1.54, 1.807) is 7.11 Å². The van der Waals surface area contributed by atoms with Gasteiger partial charge in [-0.15, -0.1) is 0 Å². The highest BCUT2D eigenvalue weighted by Gasteiger charge is 1.91. The van der Waals surface area contributed by atoms with Gasteiger partial charge >= 0.3 is 0 Å².